The summed E-state index contributed by atoms with van der Waals surface area (Å²) in [6, 6.07) is 10.1. The van der Waals surface area contributed by atoms with E-state index in [4.69, 9.17) is 9.15 Å². The van der Waals surface area contributed by atoms with Crippen LogP contribution in [0.3, 0.4) is 0 Å². The first-order valence-corrected chi connectivity index (χ1v) is 9.49. The first-order chi connectivity index (χ1) is 12.7. The molecule has 1 saturated heterocycles. The second kappa shape index (κ2) is 7.64. The van der Waals surface area contributed by atoms with Crippen LogP contribution in [-0.4, -0.2) is 43.7 Å². The zero-order chi connectivity index (χ0) is 17.9. The molecule has 0 bridgehead atoms. The molecule has 2 aliphatic rings. The number of hydrogen-bond acceptors (Lipinski definition) is 4. The van der Waals surface area contributed by atoms with Crippen molar-refractivity contribution < 1.29 is 13.9 Å². The third kappa shape index (κ3) is 3.69. The molecule has 138 valence electrons. The zero-order valence-corrected chi connectivity index (χ0v) is 15.3. The summed E-state index contributed by atoms with van der Waals surface area (Å²) in [5.41, 5.74) is 3.46. The van der Waals surface area contributed by atoms with Crippen LogP contribution in [0.25, 0.3) is 0 Å². The van der Waals surface area contributed by atoms with Crippen LogP contribution in [0.2, 0.25) is 0 Å². The Hall–Kier alpha value is -2.11. The summed E-state index contributed by atoms with van der Waals surface area (Å²) in [4.78, 5) is 15.0. The largest absolute Gasteiger partial charge is 0.465 e. The lowest BCUT2D eigenvalue weighted by Crippen LogP contribution is -2.43. The molecule has 1 aliphatic heterocycles. The minimum atomic E-state index is -0.0127. The molecule has 2 aromatic rings. The van der Waals surface area contributed by atoms with Gasteiger partial charge in [0.2, 0.25) is 0 Å². The van der Waals surface area contributed by atoms with Gasteiger partial charge in [0.15, 0.2) is 0 Å². The summed E-state index contributed by atoms with van der Waals surface area (Å²) in [5.74, 6) is 1.78. The molecular formula is C21H26N2O3. The number of hydrogen-bond donors (Lipinski definition) is 1. The van der Waals surface area contributed by atoms with Crippen molar-refractivity contribution in [1.29, 1.82) is 0 Å². The minimum Gasteiger partial charge on any atom is -0.465 e. The molecule has 1 N–H and O–H groups in total. The lowest BCUT2D eigenvalue weighted by atomic mass is 10.1. The van der Waals surface area contributed by atoms with Crippen LogP contribution >= 0.6 is 0 Å². The average Bonchev–Trinajstić information content (AvgIpc) is 3.31. The standard InChI is InChI=1S/C21H26N2O3/c1-15-5-8-20(26-15)19(23-9-11-25-12-10-23)14-22-21(24)18-7-6-16-3-2-4-17(16)13-18/h5-8,13,19H,2-4,9-12,14H2,1H3,(H,22,24)/t19-/m0/s1. The van der Waals surface area contributed by atoms with Gasteiger partial charge < -0.3 is 14.5 Å². The molecular weight excluding hydrogens is 328 g/mol. The SMILES string of the molecule is Cc1ccc([C@H](CNC(=O)c2ccc3c(c2)CCC3)N2CCOCC2)o1. The number of rotatable bonds is 5. The highest BCUT2D eigenvalue weighted by Crippen LogP contribution is 2.25. The van der Waals surface area contributed by atoms with Gasteiger partial charge in [-0.15, -0.1) is 0 Å². The number of carbonyl (C=O) groups excluding carboxylic acids is 1. The van der Waals surface area contributed by atoms with Crippen molar-refractivity contribution in [3.05, 3.63) is 58.5 Å². The highest BCUT2D eigenvalue weighted by atomic mass is 16.5. The van der Waals surface area contributed by atoms with Crippen molar-refractivity contribution >= 4 is 5.91 Å². The molecule has 4 rings (SSSR count). The topological polar surface area (TPSA) is 54.7 Å². The molecule has 1 atom stereocenters. The number of ether oxygens (including phenoxy) is 1. The number of fused-ring (bicyclic) bond motifs is 1. The van der Waals surface area contributed by atoms with E-state index in [1.165, 1.54) is 17.5 Å². The monoisotopic (exact) mass is 354 g/mol. The van der Waals surface area contributed by atoms with Crippen LogP contribution in [0.4, 0.5) is 0 Å². The molecule has 1 amide bonds. The van der Waals surface area contributed by atoms with Crippen molar-refractivity contribution in [2.45, 2.75) is 32.2 Å². The fourth-order valence-electron chi connectivity index (χ4n) is 3.94. The zero-order valence-electron chi connectivity index (χ0n) is 15.3. The van der Waals surface area contributed by atoms with Gasteiger partial charge in [0, 0.05) is 25.2 Å². The van der Waals surface area contributed by atoms with Gasteiger partial charge in [-0.1, -0.05) is 6.07 Å². The van der Waals surface area contributed by atoms with Gasteiger partial charge in [-0.25, -0.2) is 0 Å². The van der Waals surface area contributed by atoms with E-state index in [2.05, 4.69) is 22.3 Å². The molecule has 5 heteroatoms. The molecule has 1 aromatic heterocycles. The minimum absolute atomic E-state index is 0.0127. The molecule has 2 heterocycles. The van der Waals surface area contributed by atoms with Crippen molar-refractivity contribution in [3.8, 4) is 0 Å². The quantitative estimate of drug-likeness (QED) is 0.897. The first kappa shape index (κ1) is 17.3. The van der Waals surface area contributed by atoms with Crippen LogP contribution in [0.5, 0.6) is 0 Å². The fraction of sp³-hybridized carbons (Fsp3) is 0.476. The Balaban J connectivity index is 1.46. The van der Waals surface area contributed by atoms with Gasteiger partial charge in [-0.05, 0) is 61.6 Å². The number of nitrogens with one attached hydrogen (secondary N) is 1. The molecule has 1 fully saturated rings. The summed E-state index contributed by atoms with van der Waals surface area (Å²) < 4.78 is 11.3. The Kier molecular flexibility index (Phi) is 5.09. The molecule has 0 unspecified atom stereocenters. The Morgan fingerprint density at radius 3 is 2.73 bits per heavy atom. The predicted octanol–water partition coefficient (Wildman–Crippen LogP) is 2.88. The Bertz CT molecular complexity index is 777. The summed E-state index contributed by atoms with van der Waals surface area (Å²) in [5, 5.41) is 3.11. The maximum absolute atomic E-state index is 12.7. The number of morpholine rings is 1. The van der Waals surface area contributed by atoms with Gasteiger partial charge in [0.1, 0.15) is 11.5 Å². The number of amides is 1. The number of nitrogens with zero attached hydrogens (tertiary/aromatic N) is 1. The summed E-state index contributed by atoms with van der Waals surface area (Å²) in [6.07, 6.45) is 3.41. The average molecular weight is 354 g/mol. The molecule has 0 saturated carbocycles. The number of carbonyl (C=O) groups is 1. The van der Waals surface area contributed by atoms with Crippen LogP contribution in [0.15, 0.2) is 34.7 Å². The summed E-state index contributed by atoms with van der Waals surface area (Å²) in [7, 11) is 0. The molecule has 5 nitrogen and oxygen atoms in total. The van der Waals surface area contributed by atoms with Crippen molar-refractivity contribution in [3.63, 3.8) is 0 Å². The van der Waals surface area contributed by atoms with Crippen LogP contribution < -0.4 is 5.32 Å². The van der Waals surface area contributed by atoms with E-state index in [1.54, 1.807) is 0 Å². The van der Waals surface area contributed by atoms with E-state index in [9.17, 15) is 4.79 Å². The van der Waals surface area contributed by atoms with E-state index < -0.39 is 0 Å². The highest BCUT2D eigenvalue weighted by molar-refractivity contribution is 5.94. The maximum atomic E-state index is 12.7. The van der Waals surface area contributed by atoms with Crippen LogP contribution in [0.1, 0.15) is 45.5 Å². The lowest BCUT2D eigenvalue weighted by Gasteiger charge is -2.33. The van der Waals surface area contributed by atoms with Gasteiger partial charge in [-0.3, -0.25) is 9.69 Å². The smallest absolute Gasteiger partial charge is 0.251 e. The van der Waals surface area contributed by atoms with Crippen LogP contribution in [-0.2, 0) is 17.6 Å². The predicted molar refractivity (Wildman–Crippen MR) is 99.4 cm³/mol. The molecule has 1 aliphatic carbocycles. The van der Waals surface area contributed by atoms with Crippen LogP contribution in [0, 0.1) is 6.92 Å². The Morgan fingerprint density at radius 1 is 1.15 bits per heavy atom. The highest BCUT2D eigenvalue weighted by Gasteiger charge is 2.26. The van der Waals surface area contributed by atoms with Crippen molar-refractivity contribution in [1.82, 2.24) is 10.2 Å². The second-order valence-electron chi connectivity index (χ2n) is 7.16. The maximum Gasteiger partial charge on any atom is 0.251 e. The Morgan fingerprint density at radius 2 is 1.96 bits per heavy atom. The third-order valence-electron chi connectivity index (χ3n) is 5.39. The van der Waals surface area contributed by atoms with E-state index in [0.717, 1.165) is 56.2 Å². The number of benzene rings is 1. The molecule has 0 spiro atoms. The summed E-state index contributed by atoms with van der Waals surface area (Å²) >= 11 is 0. The van der Waals surface area contributed by atoms with Gasteiger partial charge >= 0.3 is 0 Å². The number of aryl methyl sites for hydroxylation is 3. The van der Waals surface area contributed by atoms with E-state index in [-0.39, 0.29) is 11.9 Å². The molecule has 0 radical (unpaired) electrons. The second-order valence-corrected chi connectivity index (χ2v) is 7.16. The van der Waals surface area contributed by atoms with E-state index >= 15 is 0 Å². The number of furan rings is 1. The molecule has 26 heavy (non-hydrogen) atoms. The fourth-order valence-corrected chi connectivity index (χ4v) is 3.94. The van der Waals surface area contributed by atoms with Gasteiger partial charge in [0.05, 0.1) is 19.3 Å². The van der Waals surface area contributed by atoms with Gasteiger partial charge in [0.25, 0.3) is 5.91 Å². The Labute approximate surface area is 154 Å². The normalized spacial score (nSPS) is 18.5. The molecule has 1 aromatic carbocycles. The first-order valence-electron chi connectivity index (χ1n) is 9.49. The van der Waals surface area contributed by atoms with Crippen molar-refractivity contribution in [2.24, 2.45) is 0 Å². The summed E-state index contributed by atoms with van der Waals surface area (Å²) in [6.45, 7) is 5.61. The third-order valence-corrected chi connectivity index (χ3v) is 5.39. The lowest BCUT2D eigenvalue weighted by molar-refractivity contribution is 0.0117. The van der Waals surface area contributed by atoms with E-state index in [0.29, 0.717) is 6.54 Å². The van der Waals surface area contributed by atoms with Crippen molar-refractivity contribution in [2.75, 3.05) is 32.8 Å². The van der Waals surface area contributed by atoms with E-state index in [1.807, 2.05) is 25.1 Å². The van der Waals surface area contributed by atoms with Gasteiger partial charge in [-0.2, -0.15) is 0 Å².